The number of benzene rings is 1. The highest BCUT2D eigenvalue weighted by Gasteiger charge is 2.22. The molecule has 1 aromatic carbocycles. The number of carbonyl (C=O) groups is 1. The van der Waals surface area contributed by atoms with E-state index < -0.39 is 0 Å². The van der Waals surface area contributed by atoms with Crippen molar-refractivity contribution >= 4 is 12.2 Å². The van der Waals surface area contributed by atoms with Crippen LogP contribution in [0.5, 0.6) is 0 Å². The van der Waals surface area contributed by atoms with Gasteiger partial charge in [0.05, 0.1) is 6.04 Å². The molecule has 1 N–H and O–H groups in total. The van der Waals surface area contributed by atoms with Crippen LogP contribution in [0.25, 0.3) is 6.08 Å². The number of rotatable bonds is 2. The Morgan fingerprint density at radius 1 is 1.47 bits per heavy atom. The molecule has 1 saturated heterocycles. The summed E-state index contributed by atoms with van der Waals surface area (Å²) in [6.07, 6.45) is 1.72. The van der Waals surface area contributed by atoms with Gasteiger partial charge < -0.3 is 10.1 Å². The molecule has 0 aromatic heterocycles. The fourth-order valence-corrected chi connectivity index (χ4v) is 1.54. The van der Waals surface area contributed by atoms with Crippen molar-refractivity contribution in [2.45, 2.75) is 13.0 Å². The average Bonchev–Trinajstić information content (AvgIpc) is 2.66. The van der Waals surface area contributed by atoms with Crippen molar-refractivity contribution in [3.63, 3.8) is 0 Å². The van der Waals surface area contributed by atoms with Gasteiger partial charge in [-0.1, -0.05) is 36.4 Å². The maximum Gasteiger partial charge on any atom is 0.407 e. The molecule has 0 spiro atoms. The first-order valence-corrected chi connectivity index (χ1v) is 4.92. The van der Waals surface area contributed by atoms with Gasteiger partial charge in [-0.3, -0.25) is 0 Å². The van der Waals surface area contributed by atoms with Crippen molar-refractivity contribution in [1.29, 1.82) is 0 Å². The van der Waals surface area contributed by atoms with Gasteiger partial charge >= 0.3 is 6.09 Å². The summed E-state index contributed by atoms with van der Waals surface area (Å²) >= 11 is 0. The van der Waals surface area contributed by atoms with E-state index in [9.17, 15) is 4.79 Å². The molecule has 3 nitrogen and oxygen atoms in total. The van der Waals surface area contributed by atoms with Gasteiger partial charge in [-0.2, -0.15) is 0 Å². The molecule has 0 saturated carbocycles. The van der Waals surface area contributed by atoms with E-state index in [0.29, 0.717) is 6.61 Å². The SMILES string of the molecule is C/C(=C\c1ccccc1)C1COC(=O)N1. The maximum absolute atomic E-state index is 10.8. The lowest BCUT2D eigenvalue weighted by Gasteiger charge is -2.07. The van der Waals surface area contributed by atoms with Crippen LogP contribution in [-0.2, 0) is 4.74 Å². The normalized spacial score (nSPS) is 21.0. The first kappa shape index (κ1) is 9.77. The Labute approximate surface area is 88.8 Å². The minimum Gasteiger partial charge on any atom is -0.447 e. The summed E-state index contributed by atoms with van der Waals surface area (Å²) in [6, 6.07) is 10.0. The molecule has 1 aliphatic rings. The zero-order valence-corrected chi connectivity index (χ0v) is 8.57. The number of carbonyl (C=O) groups excluding carboxylic acids is 1. The first-order valence-electron chi connectivity index (χ1n) is 4.92. The van der Waals surface area contributed by atoms with Crippen LogP contribution < -0.4 is 5.32 Å². The van der Waals surface area contributed by atoms with Crippen LogP contribution in [0.15, 0.2) is 35.9 Å². The van der Waals surface area contributed by atoms with Gasteiger partial charge in [0.1, 0.15) is 6.61 Å². The molecule has 1 atom stereocenters. The minimum absolute atomic E-state index is 0.0118. The predicted molar refractivity (Wildman–Crippen MR) is 58.4 cm³/mol. The highest BCUT2D eigenvalue weighted by molar-refractivity contribution is 5.71. The smallest absolute Gasteiger partial charge is 0.407 e. The molecule has 1 aliphatic heterocycles. The maximum atomic E-state index is 10.8. The number of hydrogen-bond acceptors (Lipinski definition) is 2. The van der Waals surface area contributed by atoms with E-state index in [1.54, 1.807) is 0 Å². The molecular weight excluding hydrogens is 190 g/mol. The van der Waals surface area contributed by atoms with Crippen LogP contribution in [0.2, 0.25) is 0 Å². The van der Waals surface area contributed by atoms with E-state index in [1.807, 2.05) is 37.3 Å². The van der Waals surface area contributed by atoms with Crippen molar-refractivity contribution in [3.05, 3.63) is 41.5 Å². The molecule has 1 fully saturated rings. The first-order chi connectivity index (χ1) is 7.25. The van der Waals surface area contributed by atoms with Crippen molar-refractivity contribution < 1.29 is 9.53 Å². The van der Waals surface area contributed by atoms with Gasteiger partial charge in [0.25, 0.3) is 0 Å². The predicted octanol–water partition coefficient (Wildman–Crippen LogP) is 2.20. The summed E-state index contributed by atoms with van der Waals surface area (Å²) in [5.41, 5.74) is 2.24. The summed E-state index contributed by atoms with van der Waals surface area (Å²) < 4.78 is 4.83. The van der Waals surface area contributed by atoms with E-state index in [2.05, 4.69) is 11.4 Å². The largest absolute Gasteiger partial charge is 0.447 e. The van der Waals surface area contributed by atoms with Gasteiger partial charge in [0.2, 0.25) is 0 Å². The molecule has 2 rings (SSSR count). The highest BCUT2D eigenvalue weighted by atomic mass is 16.6. The van der Waals surface area contributed by atoms with Crippen LogP contribution in [0.1, 0.15) is 12.5 Å². The Morgan fingerprint density at radius 2 is 2.20 bits per heavy atom. The Hall–Kier alpha value is -1.77. The summed E-state index contributed by atoms with van der Waals surface area (Å²) in [4.78, 5) is 10.8. The zero-order valence-electron chi connectivity index (χ0n) is 8.57. The summed E-state index contributed by atoms with van der Waals surface area (Å²) in [5, 5.41) is 2.74. The molecule has 78 valence electrons. The quantitative estimate of drug-likeness (QED) is 0.800. The van der Waals surface area contributed by atoms with Gasteiger partial charge in [0, 0.05) is 0 Å². The van der Waals surface area contributed by atoms with Crippen LogP contribution in [0.3, 0.4) is 0 Å². The summed E-state index contributed by atoms with van der Waals surface area (Å²) in [7, 11) is 0. The standard InChI is InChI=1S/C12H13NO2/c1-9(11-8-15-12(14)13-11)7-10-5-3-2-4-6-10/h2-7,11H,8H2,1H3,(H,13,14)/b9-7+. The van der Waals surface area contributed by atoms with Crippen LogP contribution in [0, 0.1) is 0 Å². The second kappa shape index (κ2) is 4.17. The third-order valence-corrected chi connectivity index (χ3v) is 2.42. The lowest BCUT2D eigenvalue weighted by molar-refractivity contribution is 0.177. The van der Waals surface area contributed by atoms with E-state index in [1.165, 1.54) is 0 Å². The second-order valence-corrected chi connectivity index (χ2v) is 3.59. The molecule has 0 radical (unpaired) electrons. The van der Waals surface area contributed by atoms with Gasteiger partial charge in [0.15, 0.2) is 0 Å². The van der Waals surface area contributed by atoms with Crippen LogP contribution in [0.4, 0.5) is 4.79 Å². The molecule has 1 amide bonds. The Bertz CT molecular complexity index is 384. The Morgan fingerprint density at radius 3 is 2.80 bits per heavy atom. The topological polar surface area (TPSA) is 38.3 Å². The number of nitrogens with one attached hydrogen (secondary N) is 1. The average molecular weight is 203 g/mol. The van der Waals surface area contributed by atoms with Crippen molar-refractivity contribution in [2.24, 2.45) is 0 Å². The lowest BCUT2D eigenvalue weighted by Crippen LogP contribution is -2.26. The van der Waals surface area contributed by atoms with E-state index in [-0.39, 0.29) is 12.1 Å². The van der Waals surface area contributed by atoms with E-state index >= 15 is 0 Å². The fraction of sp³-hybridized carbons (Fsp3) is 0.250. The molecule has 0 aliphatic carbocycles. The number of cyclic esters (lactones) is 1. The molecule has 15 heavy (non-hydrogen) atoms. The molecule has 1 heterocycles. The van der Waals surface area contributed by atoms with Gasteiger partial charge in [-0.25, -0.2) is 4.79 Å². The fourth-order valence-electron chi connectivity index (χ4n) is 1.54. The van der Waals surface area contributed by atoms with Crippen molar-refractivity contribution in [2.75, 3.05) is 6.61 Å². The molecule has 0 bridgehead atoms. The monoisotopic (exact) mass is 203 g/mol. The third-order valence-electron chi connectivity index (χ3n) is 2.42. The van der Waals surface area contributed by atoms with Crippen LogP contribution >= 0.6 is 0 Å². The number of hydrogen-bond donors (Lipinski definition) is 1. The zero-order chi connectivity index (χ0) is 10.7. The van der Waals surface area contributed by atoms with Crippen molar-refractivity contribution in [3.8, 4) is 0 Å². The summed E-state index contributed by atoms with van der Waals surface area (Å²) in [6.45, 7) is 2.42. The van der Waals surface area contributed by atoms with Gasteiger partial charge in [-0.05, 0) is 18.1 Å². The summed E-state index contributed by atoms with van der Waals surface area (Å²) in [5.74, 6) is 0. The second-order valence-electron chi connectivity index (χ2n) is 3.59. The lowest BCUT2D eigenvalue weighted by atomic mass is 10.1. The molecular formula is C12H13NO2. The van der Waals surface area contributed by atoms with Gasteiger partial charge in [-0.15, -0.1) is 0 Å². The number of ether oxygens (including phenoxy) is 1. The third kappa shape index (κ3) is 2.37. The van der Waals surface area contributed by atoms with Crippen LogP contribution in [-0.4, -0.2) is 18.7 Å². The minimum atomic E-state index is -0.333. The Balaban J connectivity index is 2.11. The highest BCUT2D eigenvalue weighted by Crippen LogP contribution is 2.12. The number of amides is 1. The molecule has 1 aromatic rings. The van der Waals surface area contributed by atoms with Crippen molar-refractivity contribution in [1.82, 2.24) is 5.32 Å². The van der Waals surface area contributed by atoms with E-state index in [0.717, 1.165) is 11.1 Å². The molecule has 3 heteroatoms. The van der Waals surface area contributed by atoms with E-state index in [4.69, 9.17) is 4.74 Å². The number of alkyl carbamates (subject to hydrolysis) is 1. The molecule has 1 unspecified atom stereocenters. The Kier molecular flexibility index (Phi) is 2.72.